The zero-order valence-electron chi connectivity index (χ0n) is 11.4. The summed E-state index contributed by atoms with van der Waals surface area (Å²) in [4.78, 5) is 14.4. The van der Waals surface area contributed by atoms with Gasteiger partial charge in [-0.1, -0.05) is 12.1 Å². The maximum absolute atomic E-state index is 12.4. The highest BCUT2D eigenvalue weighted by Gasteiger charge is 2.23. The molecule has 0 saturated carbocycles. The fourth-order valence-electron chi connectivity index (χ4n) is 2.27. The molecule has 0 bridgehead atoms. The number of nitrogens with one attached hydrogen (secondary N) is 1. The molecule has 1 heterocycles. The van der Waals surface area contributed by atoms with Gasteiger partial charge in [0.2, 0.25) is 0 Å². The zero-order valence-corrected chi connectivity index (χ0v) is 12.2. The summed E-state index contributed by atoms with van der Waals surface area (Å²) in [5.74, 6) is 0.113. The molecule has 1 fully saturated rings. The van der Waals surface area contributed by atoms with Crippen molar-refractivity contribution in [1.82, 2.24) is 10.2 Å². The summed E-state index contributed by atoms with van der Waals surface area (Å²) >= 11 is 0. The van der Waals surface area contributed by atoms with Crippen LogP contribution in [0, 0.1) is 0 Å². The lowest BCUT2D eigenvalue weighted by atomic mass is 10.1. The van der Waals surface area contributed by atoms with E-state index >= 15 is 0 Å². The Labute approximate surface area is 120 Å². The summed E-state index contributed by atoms with van der Waals surface area (Å²) in [6.45, 7) is 5.12. The van der Waals surface area contributed by atoms with Gasteiger partial charge in [0.1, 0.15) is 0 Å². The molecular formula is C14H21ClN2O2. The molecule has 0 aliphatic carbocycles. The van der Waals surface area contributed by atoms with Crippen LogP contribution < -0.4 is 5.32 Å². The Bertz CT molecular complexity index is 426. The van der Waals surface area contributed by atoms with Crippen molar-refractivity contribution in [3.8, 4) is 0 Å². The van der Waals surface area contributed by atoms with Gasteiger partial charge >= 0.3 is 0 Å². The maximum atomic E-state index is 12.4. The van der Waals surface area contributed by atoms with E-state index in [2.05, 4.69) is 12.2 Å². The van der Waals surface area contributed by atoms with Crippen LogP contribution in [-0.4, -0.2) is 43.6 Å². The summed E-state index contributed by atoms with van der Waals surface area (Å²) < 4.78 is 5.09. The zero-order chi connectivity index (χ0) is 13.0. The normalized spacial score (nSPS) is 18.8. The van der Waals surface area contributed by atoms with Crippen molar-refractivity contribution >= 4 is 18.3 Å². The van der Waals surface area contributed by atoms with Crippen LogP contribution in [0.3, 0.4) is 0 Å². The molecule has 2 rings (SSSR count). The third-order valence-corrected chi connectivity index (χ3v) is 3.25. The molecule has 5 heteroatoms. The number of hydrogen-bond acceptors (Lipinski definition) is 3. The molecule has 0 radical (unpaired) electrons. The number of hydrogen-bond donors (Lipinski definition) is 1. The van der Waals surface area contributed by atoms with Gasteiger partial charge in [-0.15, -0.1) is 12.4 Å². The molecule has 0 aromatic heterocycles. The molecule has 0 spiro atoms. The lowest BCUT2D eigenvalue weighted by Gasteiger charge is -2.34. The first-order chi connectivity index (χ1) is 8.72. The number of piperazine rings is 1. The summed E-state index contributed by atoms with van der Waals surface area (Å²) in [7, 11) is 1.66. The van der Waals surface area contributed by atoms with Crippen LogP contribution in [0.4, 0.5) is 0 Å². The van der Waals surface area contributed by atoms with E-state index in [1.165, 1.54) is 0 Å². The summed E-state index contributed by atoms with van der Waals surface area (Å²) in [5.41, 5.74) is 1.78. The molecular weight excluding hydrogens is 264 g/mol. The van der Waals surface area contributed by atoms with Crippen LogP contribution >= 0.6 is 12.4 Å². The average molecular weight is 285 g/mol. The van der Waals surface area contributed by atoms with Crippen molar-refractivity contribution in [2.75, 3.05) is 26.7 Å². The van der Waals surface area contributed by atoms with Gasteiger partial charge in [-0.05, 0) is 24.6 Å². The molecule has 0 unspecified atom stereocenters. The van der Waals surface area contributed by atoms with Gasteiger partial charge in [0.25, 0.3) is 5.91 Å². The van der Waals surface area contributed by atoms with Crippen molar-refractivity contribution in [2.45, 2.75) is 19.6 Å². The van der Waals surface area contributed by atoms with Gasteiger partial charge in [-0.3, -0.25) is 4.79 Å². The minimum absolute atomic E-state index is 0. The second-order valence-corrected chi connectivity index (χ2v) is 4.69. The Hall–Kier alpha value is -1.10. The molecule has 1 aromatic rings. The second kappa shape index (κ2) is 7.48. The van der Waals surface area contributed by atoms with E-state index in [0.717, 1.165) is 30.8 Å². The lowest BCUT2D eigenvalue weighted by molar-refractivity contribution is 0.0655. The van der Waals surface area contributed by atoms with E-state index in [0.29, 0.717) is 6.61 Å². The third-order valence-electron chi connectivity index (χ3n) is 3.25. The first-order valence-corrected chi connectivity index (χ1v) is 6.32. The quantitative estimate of drug-likeness (QED) is 0.918. The van der Waals surface area contributed by atoms with E-state index < -0.39 is 0 Å². The van der Waals surface area contributed by atoms with Crippen LogP contribution in [0.25, 0.3) is 0 Å². The Kier molecular flexibility index (Phi) is 6.28. The number of methoxy groups -OCH3 is 1. The Morgan fingerprint density at radius 3 is 3.00 bits per heavy atom. The van der Waals surface area contributed by atoms with E-state index in [1.54, 1.807) is 7.11 Å². The highest BCUT2D eigenvalue weighted by molar-refractivity contribution is 5.94. The van der Waals surface area contributed by atoms with Gasteiger partial charge in [0.05, 0.1) is 6.61 Å². The van der Waals surface area contributed by atoms with Gasteiger partial charge in [0, 0.05) is 38.3 Å². The predicted octanol–water partition coefficient (Wildman–Crippen LogP) is 1.69. The molecule has 19 heavy (non-hydrogen) atoms. The predicted molar refractivity (Wildman–Crippen MR) is 77.8 cm³/mol. The highest BCUT2D eigenvalue weighted by atomic mass is 35.5. The Morgan fingerprint density at radius 2 is 2.32 bits per heavy atom. The number of amides is 1. The molecule has 1 aliphatic heterocycles. The fourth-order valence-corrected chi connectivity index (χ4v) is 2.27. The maximum Gasteiger partial charge on any atom is 0.254 e. The first-order valence-electron chi connectivity index (χ1n) is 6.32. The van der Waals surface area contributed by atoms with E-state index in [4.69, 9.17) is 4.74 Å². The lowest BCUT2D eigenvalue weighted by Crippen LogP contribution is -2.52. The number of carbonyl (C=O) groups is 1. The summed E-state index contributed by atoms with van der Waals surface area (Å²) in [5, 5.41) is 3.29. The third kappa shape index (κ3) is 3.93. The first kappa shape index (κ1) is 16.0. The average Bonchev–Trinajstić information content (AvgIpc) is 2.39. The van der Waals surface area contributed by atoms with Crippen LogP contribution in [0.1, 0.15) is 22.8 Å². The highest BCUT2D eigenvalue weighted by Crippen LogP contribution is 2.12. The van der Waals surface area contributed by atoms with Crippen LogP contribution in [-0.2, 0) is 11.3 Å². The molecule has 1 aliphatic rings. The fraction of sp³-hybridized carbons (Fsp3) is 0.500. The Balaban J connectivity index is 0.00000180. The monoisotopic (exact) mass is 284 g/mol. The van der Waals surface area contributed by atoms with Crippen LogP contribution in [0.15, 0.2) is 24.3 Å². The van der Waals surface area contributed by atoms with Crippen molar-refractivity contribution in [1.29, 1.82) is 0 Å². The van der Waals surface area contributed by atoms with Gasteiger partial charge in [-0.2, -0.15) is 0 Å². The second-order valence-electron chi connectivity index (χ2n) is 4.69. The standard InChI is InChI=1S/C14H20N2O2.ClH/c1-11-9-15-6-7-16(11)14(17)13-5-3-4-12(8-13)10-18-2;/h3-5,8,11,15H,6-7,9-10H2,1-2H3;1H/t11-;/m0./s1. The molecule has 106 valence electrons. The number of nitrogens with zero attached hydrogens (tertiary/aromatic N) is 1. The van der Waals surface area contributed by atoms with E-state index in [1.807, 2.05) is 29.2 Å². The van der Waals surface area contributed by atoms with Gasteiger partial charge in [-0.25, -0.2) is 0 Å². The van der Waals surface area contributed by atoms with Gasteiger partial charge in [0.15, 0.2) is 0 Å². The molecule has 1 atom stereocenters. The number of rotatable bonds is 3. The molecule has 1 saturated heterocycles. The number of halogens is 1. The number of carbonyl (C=O) groups excluding carboxylic acids is 1. The van der Waals surface area contributed by atoms with E-state index in [-0.39, 0.29) is 24.4 Å². The SMILES string of the molecule is COCc1cccc(C(=O)N2CCNC[C@@H]2C)c1.Cl. The molecule has 1 N–H and O–H groups in total. The topological polar surface area (TPSA) is 41.6 Å². The Morgan fingerprint density at radius 1 is 1.53 bits per heavy atom. The molecule has 4 nitrogen and oxygen atoms in total. The molecule has 1 aromatic carbocycles. The largest absolute Gasteiger partial charge is 0.380 e. The van der Waals surface area contributed by atoms with Crippen molar-refractivity contribution < 1.29 is 9.53 Å². The summed E-state index contributed by atoms with van der Waals surface area (Å²) in [6, 6.07) is 7.92. The minimum Gasteiger partial charge on any atom is -0.380 e. The minimum atomic E-state index is 0. The molecule has 1 amide bonds. The van der Waals surface area contributed by atoms with Crippen LogP contribution in [0.5, 0.6) is 0 Å². The number of ether oxygens (including phenoxy) is 1. The van der Waals surface area contributed by atoms with Crippen LogP contribution in [0.2, 0.25) is 0 Å². The summed E-state index contributed by atoms with van der Waals surface area (Å²) in [6.07, 6.45) is 0. The van der Waals surface area contributed by atoms with Gasteiger partial charge < -0.3 is 15.0 Å². The van der Waals surface area contributed by atoms with E-state index in [9.17, 15) is 4.79 Å². The van der Waals surface area contributed by atoms with Crippen molar-refractivity contribution in [2.24, 2.45) is 0 Å². The smallest absolute Gasteiger partial charge is 0.254 e. The van der Waals surface area contributed by atoms with Crippen molar-refractivity contribution in [3.63, 3.8) is 0 Å². The van der Waals surface area contributed by atoms with Crippen molar-refractivity contribution in [3.05, 3.63) is 35.4 Å². The number of benzene rings is 1.